The highest BCUT2D eigenvalue weighted by Crippen LogP contribution is 2.18. The van der Waals surface area contributed by atoms with Gasteiger partial charge in [0.1, 0.15) is 5.60 Å². The number of hydrogen-bond acceptors (Lipinski definition) is 3. The maximum atomic E-state index is 11.2. The second-order valence-electron chi connectivity index (χ2n) is 4.56. The van der Waals surface area contributed by atoms with Gasteiger partial charge in [0.25, 0.3) is 0 Å². The molecule has 0 aliphatic heterocycles. The van der Waals surface area contributed by atoms with Gasteiger partial charge in [0, 0.05) is 12.6 Å². The Labute approximate surface area is 79.8 Å². The van der Waals surface area contributed by atoms with Gasteiger partial charge in [-0.15, -0.1) is 0 Å². The van der Waals surface area contributed by atoms with Crippen molar-refractivity contribution >= 4 is 5.97 Å². The lowest BCUT2D eigenvalue weighted by Gasteiger charge is -2.19. The summed E-state index contributed by atoms with van der Waals surface area (Å²) in [4.78, 5) is 11.2. The van der Waals surface area contributed by atoms with Crippen LogP contribution in [0.5, 0.6) is 0 Å². The minimum Gasteiger partial charge on any atom is -0.460 e. The topological polar surface area (TPSA) is 38.3 Å². The van der Waals surface area contributed by atoms with Crippen LogP contribution in [0.1, 0.15) is 40.0 Å². The molecule has 0 aromatic rings. The van der Waals surface area contributed by atoms with Gasteiger partial charge in [0.2, 0.25) is 0 Å². The fourth-order valence-corrected chi connectivity index (χ4v) is 1.06. The smallest absolute Gasteiger partial charge is 0.307 e. The molecule has 1 saturated carbocycles. The first-order chi connectivity index (χ1) is 5.97. The molecule has 1 aliphatic rings. The Bertz CT molecular complexity index is 180. The molecule has 0 aromatic carbocycles. The fraction of sp³-hybridized carbons (Fsp3) is 0.900. The van der Waals surface area contributed by atoms with Crippen molar-refractivity contribution in [2.45, 2.75) is 51.7 Å². The molecule has 0 saturated heterocycles. The van der Waals surface area contributed by atoms with Crippen LogP contribution in [0.3, 0.4) is 0 Å². The van der Waals surface area contributed by atoms with Crippen LogP contribution in [-0.2, 0) is 9.53 Å². The van der Waals surface area contributed by atoms with Gasteiger partial charge in [0.05, 0.1) is 6.42 Å². The van der Waals surface area contributed by atoms with Gasteiger partial charge in [-0.2, -0.15) is 0 Å². The maximum Gasteiger partial charge on any atom is 0.307 e. The second-order valence-corrected chi connectivity index (χ2v) is 4.56. The third-order valence-corrected chi connectivity index (χ3v) is 1.76. The highest BCUT2D eigenvalue weighted by molar-refractivity contribution is 5.70. The zero-order valence-electron chi connectivity index (χ0n) is 8.72. The molecule has 0 heterocycles. The molecule has 0 amide bonds. The largest absolute Gasteiger partial charge is 0.460 e. The van der Waals surface area contributed by atoms with Crippen molar-refractivity contribution in [3.05, 3.63) is 0 Å². The first kappa shape index (κ1) is 10.5. The van der Waals surface area contributed by atoms with Crippen molar-refractivity contribution in [1.82, 2.24) is 5.32 Å². The van der Waals surface area contributed by atoms with E-state index in [1.807, 2.05) is 20.8 Å². The van der Waals surface area contributed by atoms with Gasteiger partial charge >= 0.3 is 5.97 Å². The van der Waals surface area contributed by atoms with Crippen molar-refractivity contribution in [2.24, 2.45) is 0 Å². The van der Waals surface area contributed by atoms with Crippen molar-refractivity contribution in [1.29, 1.82) is 0 Å². The van der Waals surface area contributed by atoms with Crippen LogP contribution in [0.15, 0.2) is 0 Å². The van der Waals surface area contributed by atoms with Crippen molar-refractivity contribution in [2.75, 3.05) is 6.54 Å². The van der Waals surface area contributed by atoms with Gasteiger partial charge in [-0.05, 0) is 33.6 Å². The number of carbonyl (C=O) groups excluding carboxylic acids is 1. The number of hydrogen-bond donors (Lipinski definition) is 1. The van der Waals surface area contributed by atoms with Crippen LogP contribution in [0, 0.1) is 0 Å². The molecule has 0 radical (unpaired) electrons. The van der Waals surface area contributed by atoms with E-state index >= 15 is 0 Å². The Morgan fingerprint density at radius 1 is 1.46 bits per heavy atom. The Morgan fingerprint density at radius 2 is 2.08 bits per heavy atom. The Hall–Kier alpha value is -0.570. The average molecular weight is 185 g/mol. The lowest BCUT2D eigenvalue weighted by atomic mass is 10.2. The van der Waals surface area contributed by atoms with Crippen molar-refractivity contribution in [3.63, 3.8) is 0 Å². The molecule has 1 aliphatic carbocycles. The van der Waals surface area contributed by atoms with E-state index in [2.05, 4.69) is 5.32 Å². The summed E-state index contributed by atoms with van der Waals surface area (Å²) in [5, 5.41) is 3.27. The minimum atomic E-state index is -0.351. The number of esters is 1. The molecule has 13 heavy (non-hydrogen) atoms. The van der Waals surface area contributed by atoms with Crippen molar-refractivity contribution in [3.8, 4) is 0 Å². The maximum absolute atomic E-state index is 11.2. The summed E-state index contributed by atoms with van der Waals surface area (Å²) >= 11 is 0. The lowest BCUT2D eigenvalue weighted by Crippen LogP contribution is -2.27. The molecule has 0 aromatic heterocycles. The summed E-state index contributed by atoms with van der Waals surface area (Å²) < 4.78 is 5.16. The van der Waals surface area contributed by atoms with E-state index in [9.17, 15) is 4.79 Å². The summed E-state index contributed by atoms with van der Waals surface area (Å²) in [6, 6.07) is 0.669. The van der Waals surface area contributed by atoms with Crippen LogP contribution in [-0.4, -0.2) is 24.2 Å². The average Bonchev–Trinajstić information content (AvgIpc) is 2.66. The van der Waals surface area contributed by atoms with Crippen molar-refractivity contribution < 1.29 is 9.53 Å². The molecule has 1 fully saturated rings. The lowest BCUT2D eigenvalue weighted by molar-refractivity contribution is -0.154. The summed E-state index contributed by atoms with van der Waals surface area (Å²) in [6.45, 7) is 6.41. The van der Waals surface area contributed by atoms with Gasteiger partial charge in [-0.25, -0.2) is 0 Å². The van der Waals surface area contributed by atoms with Crippen LogP contribution in [0.25, 0.3) is 0 Å². The van der Waals surface area contributed by atoms with Gasteiger partial charge in [-0.1, -0.05) is 0 Å². The number of ether oxygens (including phenoxy) is 1. The van der Waals surface area contributed by atoms with Crippen LogP contribution in [0.4, 0.5) is 0 Å². The SMILES string of the molecule is CC(C)(C)OC(=O)CCNC1CC1. The molecule has 3 nitrogen and oxygen atoms in total. The quantitative estimate of drug-likeness (QED) is 0.674. The zero-order valence-corrected chi connectivity index (χ0v) is 8.72. The van der Waals surface area contributed by atoms with Crippen LogP contribution < -0.4 is 5.32 Å². The molecular weight excluding hydrogens is 166 g/mol. The molecule has 0 unspecified atom stereocenters. The van der Waals surface area contributed by atoms with E-state index in [1.54, 1.807) is 0 Å². The van der Waals surface area contributed by atoms with E-state index in [-0.39, 0.29) is 11.6 Å². The Kier molecular flexibility index (Phi) is 3.31. The van der Waals surface area contributed by atoms with E-state index in [0.717, 1.165) is 6.54 Å². The highest BCUT2D eigenvalue weighted by atomic mass is 16.6. The second kappa shape index (κ2) is 4.09. The number of rotatable bonds is 4. The predicted octanol–water partition coefficient (Wildman–Crippen LogP) is 1.47. The number of carbonyl (C=O) groups is 1. The minimum absolute atomic E-state index is 0.111. The van der Waals surface area contributed by atoms with Gasteiger partial charge < -0.3 is 10.1 Å². The van der Waals surface area contributed by atoms with E-state index in [4.69, 9.17) is 4.74 Å². The van der Waals surface area contributed by atoms with Crippen LogP contribution in [0.2, 0.25) is 0 Å². The van der Waals surface area contributed by atoms with Gasteiger partial charge in [-0.3, -0.25) is 4.79 Å². The molecular formula is C10H19NO2. The normalized spacial score (nSPS) is 17.2. The molecule has 76 valence electrons. The predicted molar refractivity (Wildman–Crippen MR) is 51.5 cm³/mol. The highest BCUT2D eigenvalue weighted by Gasteiger charge is 2.21. The molecule has 3 heteroatoms. The summed E-state index contributed by atoms with van der Waals surface area (Å²) in [5.41, 5.74) is -0.351. The Balaban J connectivity index is 2.02. The summed E-state index contributed by atoms with van der Waals surface area (Å²) in [6.07, 6.45) is 3.00. The standard InChI is InChI=1S/C10H19NO2/c1-10(2,3)13-9(12)6-7-11-8-4-5-8/h8,11H,4-7H2,1-3H3. The molecule has 0 atom stereocenters. The monoisotopic (exact) mass is 185 g/mol. The summed E-state index contributed by atoms with van der Waals surface area (Å²) in [7, 11) is 0. The molecule has 1 rings (SSSR count). The first-order valence-electron chi connectivity index (χ1n) is 4.92. The summed E-state index contributed by atoms with van der Waals surface area (Å²) in [5.74, 6) is -0.111. The molecule has 0 spiro atoms. The Morgan fingerprint density at radius 3 is 2.54 bits per heavy atom. The van der Waals surface area contributed by atoms with E-state index in [0.29, 0.717) is 12.5 Å². The van der Waals surface area contributed by atoms with E-state index < -0.39 is 0 Å². The fourth-order valence-electron chi connectivity index (χ4n) is 1.06. The zero-order chi connectivity index (χ0) is 9.90. The third kappa shape index (κ3) is 5.64. The van der Waals surface area contributed by atoms with Crippen LogP contribution >= 0.6 is 0 Å². The third-order valence-electron chi connectivity index (χ3n) is 1.76. The van der Waals surface area contributed by atoms with E-state index in [1.165, 1.54) is 12.8 Å². The van der Waals surface area contributed by atoms with Gasteiger partial charge in [0.15, 0.2) is 0 Å². The first-order valence-corrected chi connectivity index (χ1v) is 4.92. The molecule has 0 bridgehead atoms. The number of nitrogens with one attached hydrogen (secondary N) is 1. The molecule has 1 N–H and O–H groups in total.